The van der Waals surface area contributed by atoms with Gasteiger partial charge in [-0.15, -0.1) is 0 Å². The maximum Gasteiger partial charge on any atom is 0.330 e. The highest BCUT2D eigenvalue weighted by molar-refractivity contribution is 9.10. The van der Waals surface area contributed by atoms with Gasteiger partial charge in [-0.2, -0.15) is 0 Å². The molecule has 33 heavy (non-hydrogen) atoms. The first-order valence-electron chi connectivity index (χ1n) is 10.7. The lowest BCUT2D eigenvalue weighted by atomic mass is 10.2. The molecule has 9 heteroatoms. The number of carbonyl (C=O) groups is 1. The topological polar surface area (TPSA) is 110 Å². The van der Waals surface area contributed by atoms with Crippen LogP contribution in [-0.4, -0.2) is 28.1 Å². The number of ether oxygens (including phenoxy) is 1. The minimum absolute atomic E-state index is 0.0461. The van der Waals surface area contributed by atoms with E-state index >= 15 is 0 Å². The fraction of sp³-hybridized carbons (Fsp3) is 0.292. The third kappa shape index (κ3) is 5.92. The second-order valence-electron chi connectivity index (χ2n) is 7.62. The van der Waals surface area contributed by atoms with Crippen molar-refractivity contribution in [3.63, 3.8) is 0 Å². The van der Waals surface area contributed by atoms with Gasteiger partial charge < -0.3 is 15.4 Å². The van der Waals surface area contributed by atoms with Crippen molar-refractivity contribution in [3.8, 4) is 5.75 Å². The molecule has 0 aliphatic rings. The van der Waals surface area contributed by atoms with Crippen LogP contribution in [0.3, 0.4) is 0 Å². The van der Waals surface area contributed by atoms with Gasteiger partial charge in [0.1, 0.15) is 11.6 Å². The molecule has 8 nitrogen and oxygen atoms in total. The minimum Gasteiger partial charge on any atom is -0.481 e. The Morgan fingerprint density at radius 3 is 2.45 bits per heavy atom. The van der Waals surface area contributed by atoms with Gasteiger partial charge in [-0.25, -0.2) is 4.79 Å². The van der Waals surface area contributed by atoms with Gasteiger partial charge in [0.05, 0.1) is 6.54 Å². The number of benzene rings is 2. The number of amides is 1. The third-order valence-electron chi connectivity index (χ3n) is 5.14. The number of carbonyl (C=O) groups excluding carboxylic acids is 1. The van der Waals surface area contributed by atoms with Gasteiger partial charge in [-0.05, 0) is 43.2 Å². The lowest BCUT2D eigenvalue weighted by molar-refractivity contribution is -0.124. The summed E-state index contributed by atoms with van der Waals surface area (Å²) in [5.74, 6) is 0.0341. The first kappa shape index (κ1) is 24.3. The van der Waals surface area contributed by atoms with Crippen molar-refractivity contribution in [2.75, 3.05) is 17.2 Å². The number of halogens is 1. The Morgan fingerprint density at radius 1 is 1.15 bits per heavy atom. The fourth-order valence-corrected chi connectivity index (χ4v) is 3.66. The smallest absolute Gasteiger partial charge is 0.330 e. The lowest BCUT2D eigenvalue weighted by Gasteiger charge is -2.27. The molecule has 0 fully saturated rings. The average Bonchev–Trinajstić information content (AvgIpc) is 2.80. The van der Waals surface area contributed by atoms with Crippen molar-refractivity contribution in [1.82, 2.24) is 9.55 Å². The highest BCUT2D eigenvalue weighted by atomic mass is 79.9. The molecule has 1 heterocycles. The SMILES string of the molecule is CCCCN(C(=O)[C@H](C)Oc1ccc(Br)cc1)c1c(N)n(Cc2ccccc2)c(=O)[nH]c1=O. The number of aromatic nitrogens is 2. The molecule has 1 amide bonds. The summed E-state index contributed by atoms with van der Waals surface area (Å²) in [6.07, 6.45) is 0.567. The van der Waals surface area contributed by atoms with Crippen LogP contribution in [0.2, 0.25) is 0 Å². The quantitative estimate of drug-likeness (QED) is 0.453. The van der Waals surface area contributed by atoms with E-state index in [1.165, 1.54) is 9.47 Å². The first-order chi connectivity index (χ1) is 15.8. The van der Waals surface area contributed by atoms with E-state index in [2.05, 4.69) is 20.9 Å². The number of anilines is 2. The second-order valence-corrected chi connectivity index (χ2v) is 8.54. The number of nitrogen functional groups attached to an aromatic ring is 1. The van der Waals surface area contributed by atoms with Crippen molar-refractivity contribution in [2.45, 2.75) is 39.3 Å². The van der Waals surface area contributed by atoms with Crippen LogP contribution in [0.1, 0.15) is 32.3 Å². The molecule has 0 saturated heterocycles. The molecule has 0 aliphatic heterocycles. The van der Waals surface area contributed by atoms with E-state index in [9.17, 15) is 14.4 Å². The Balaban J connectivity index is 1.97. The van der Waals surface area contributed by atoms with Gasteiger partial charge in [0.25, 0.3) is 11.5 Å². The van der Waals surface area contributed by atoms with Gasteiger partial charge in [0, 0.05) is 11.0 Å². The number of unbranched alkanes of at least 4 members (excludes halogenated alkanes) is 1. The number of hydrogen-bond donors (Lipinski definition) is 2. The van der Waals surface area contributed by atoms with Gasteiger partial charge in [0.2, 0.25) is 0 Å². The highest BCUT2D eigenvalue weighted by Gasteiger charge is 2.28. The standard InChI is InChI=1S/C24H27BrN4O4/c1-3-4-14-28(23(31)16(2)33-19-12-10-18(25)11-13-19)20-21(26)29(24(32)27-22(20)30)15-17-8-6-5-7-9-17/h5-13,16H,3-4,14-15,26H2,1-2H3,(H,27,30,32)/t16-/m0/s1. The zero-order chi connectivity index (χ0) is 24.0. The molecule has 174 valence electrons. The Hall–Kier alpha value is -3.33. The number of nitrogens with zero attached hydrogens (tertiary/aromatic N) is 2. The number of rotatable bonds is 9. The third-order valence-corrected chi connectivity index (χ3v) is 5.67. The van der Waals surface area contributed by atoms with E-state index in [1.54, 1.807) is 19.1 Å². The maximum atomic E-state index is 13.4. The molecule has 1 atom stereocenters. The Bertz CT molecular complexity index is 1210. The van der Waals surface area contributed by atoms with Crippen LogP contribution in [-0.2, 0) is 11.3 Å². The maximum absolute atomic E-state index is 13.4. The van der Waals surface area contributed by atoms with E-state index in [0.29, 0.717) is 12.2 Å². The van der Waals surface area contributed by atoms with Gasteiger partial charge in [-0.3, -0.25) is 19.1 Å². The zero-order valence-electron chi connectivity index (χ0n) is 18.6. The lowest BCUT2D eigenvalue weighted by Crippen LogP contribution is -2.46. The molecule has 2 aromatic carbocycles. The van der Waals surface area contributed by atoms with Crippen LogP contribution in [0.15, 0.2) is 68.7 Å². The molecule has 0 bridgehead atoms. The van der Waals surface area contributed by atoms with Gasteiger partial charge in [0.15, 0.2) is 11.8 Å². The predicted molar refractivity (Wildman–Crippen MR) is 133 cm³/mol. The summed E-state index contributed by atoms with van der Waals surface area (Å²) in [5.41, 5.74) is 5.77. The molecular formula is C24H27BrN4O4. The molecule has 3 rings (SSSR count). The molecular weight excluding hydrogens is 488 g/mol. The number of hydrogen-bond acceptors (Lipinski definition) is 5. The van der Waals surface area contributed by atoms with Crippen molar-refractivity contribution in [2.24, 2.45) is 0 Å². The summed E-state index contributed by atoms with van der Waals surface area (Å²) < 4.78 is 7.96. The zero-order valence-corrected chi connectivity index (χ0v) is 20.2. The number of nitrogens with two attached hydrogens (primary N) is 1. The Labute approximate surface area is 200 Å². The first-order valence-corrected chi connectivity index (χ1v) is 11.5. The molecule has 0 spiro atoms. The highest BCUT2D eigenvalue weighted by Crippen LogP contribution is 2.22. The largest absolute Gasteiger partial charge is 0.481 e. The van der Waals surface area contributed by atoms with Crippen LogP contribution in [0.25, 0.3) is 0 Å². The van der Waals surface area contributed by atoms with Crippen molar-refractivity contribution >= 4 is 33.3 Å². The van der Waals surface area contributed by atoms with Gasteiger partial charge >= 0.3 is 5.69 Å². The average molecular weight is 515 g/mol. The Kier molecular flexibility index (Phi) is 8.11. The van der Waals surface area contributed by atoms with Crippen LogP contribution in [0.5, 0.6) is 5.75 Å². The van der Waals surface area contributed by atoms with Crippen molar-refractivity contribution in [1.29, 1.82) is 0 Å². The molecule has 0 unspecified atom stereocenters. The normalized spacial score (nSPS) is 11.7. The van der Waals surface area contributed by atoms with Crippen LogP contribution >= 0.6 is 15.9 Å². The Morgan fingerprint density at radius 2 is 1.82 bits per heavy atom. The van der Waals surface area contributed by atoms with E-state index in [1.807, 2.05) is 49.4 Å². The summed E-state index contributed by atoms with van der Waals surface area (Å²) in [4.78, 5) is 42.3. The van der Waals surface area contributed by atoms with Crippen LogP contribution in [0.4, 0.5) is 11.5 Å². The van der Waals surface area contributed by atoms with E-state index in [0.717, 1.165) is 16.5 Å². The number of nitrogens with one attached hydrogen (secondary N) is 1. The second kappa shape index (κ2) is 11.0. The van der Waals surface area contributed by atoms with Crippen LogP contribution < -0.4 is 26.6 Å². The van der Waals surface area contributed by atoms with E-state index in [4.69, 9.17) is 10.5 Å². The van der Waals surface area contributed by atoms with Gasteiger partial charge in [-0.1, -0.05) is 59.6 Å². The van der Waals surface area contributed by atoms with E-state index < -0.39 is 23.3 Å². The summed E-state index contributed by atoms with van der Waals surface area (Å²) >= 11 is 3.36. The number of H-pyrrole nitrogens is 1. The molecule has 0 radical (unpaired) electrons. The van der Waals surface area contributed by atoms with Crippen molar-refractivity contribution in [3.05, 3.63) is 85.5 Å². The molecule has 0 aliphatic carbocycles. The summed E-state index contributed by atoms with van der Waals surface area (Å²) in [6, 6.07) is 16.4. The summed E-state index contributed by atoms with van der Waals surface area (Å²) in [6.45, 7) is 4.03. The minimum atomic E-state index is -0.878. The van der Waals surface area contributed by atoms with E-state index in [-0.39, 0.29) is 24.6 Å². The molecule has 0 saturated carbocycles. The van der Waals surface area contributed by atoms with Crippen LogP contribution in [0, 0.1) is 0 Å². The monoisotopic (exact) mass is 514 g/mol. The van der Waals surface area contributed by atoms with Crippen molar-refractivity contribution < 1.29 is 9.53 Å². The molecule has 1 aromatic heterocycles. The summed E-state index contributed by atoms with van der Waals surface area (Å²) in [5, 5.41) is 0. The number of aromatic amines is 1. The predicted octanol–water partition coefficient (Wildman–Crippen LogP) is 3.53. The summed E-state index contributed by atoms with van der Waals surface area (Å²) in [7, 11) is 0. The fourth-order valence-electron chi connectivity index (χ4n) is 3.40. The molecule has 3 N–H and O–H groups in total. The molecule has 3 aromatic rings.